The molecule has 0 aromatic carbocycles. The van der Waals surface area contributed by atoms with E-state index >= 15 is 0 Å². The van der Waals surface area contributed by atoms with Gasteiger partial charge in [0.25, 0.3) is 0 Å². The molecule has 0 amide bonds. The normalized spacial score (nSPS) is 35.8. The van der Waals surface area contributed by atoms with Gasteiger partial charge >= 0.3 is 0 Å². The van der Waals surface area contributed by atoms with Crippen LogP contribution in [0.3, 0.4) is 0 Å². The molecule has 1 heteroatoms. The van der Waals surface area contributed by atoms with Gasteiger partial charge in [-0.3, -0.25) is 0 Å². The number of rotatable bonds is 1. The van der Waals surface area contributed by atoms with Gasteiger partial charge in [-0.05, 0) is 32.1 Å². The highest BCUT2D eigenvalue weighted by molar-refractivity contribution is 5.19. The lowest BCUT2D eigenvalue weighted by Gasteiger charge is -2.49. The zero-order valence-corrected chi connectivity index (χ0v) is 10.7. The molecule has 0 radical (unpaired) electrons. The molecule has 0 aromatic heterocycles. The molecule has 1 nitrogen and oxygen atoms in total. The average molecular weight is 222 g/mol. The van der Waals surface area contributed by atoms with E-state index in [1.165, 1.54) is 44.1 Å². The van der Waals surface area contributed by atoms with Crippen LogP contribution < -0.4 is 0 Å². The van der Waals surface area contributed by atoms with E-state index in [0.717, 1.165) is 25.7 Å². The second-order valence-electron chi connectivity index (χ2n) is 6.09. The van der Waals surface area contributed by atoms with Crippen molar-refractivity contribution in [2.45, 2.75) is 76.7 Å². The predicted molar refractivity (Wildman–Crippen MR) is 68.4 cm³/mol. The molecule has 16 heavy (non-hydrogen) atoms. The highest BCUT2D eigenvalue weighted by Gasteiger charge is 2.48. The van der Waals surface area contributed by atoms with E-state index in [1.807, 2.05) is 0 Å². The van der Waals surface area contributed by atoms with Crippen molar-refractivity contribution in [1.82, 2.24) is 0 Å². The van der Waals surface area contributed by atoms with Crippen LogP contribution in [0.25, 0.3) is 0 Å². The summed E-state index contributed by atoms with van der Waals surface area (Å²) in [6, 6.07) is 0. The van der Waals surface area contributed by atoms with Gasteiger partial charge in [0.1, 0.15) is 0 Å². The fraction of sp³-hybridized carbons (Fsp3) is 0.867. The average Bonchev–Trinajstić information content (AvgIpc) is 2.49. The molecule has 2 aliphatic rings. The summed E-state index contributed by atoms with van der Waals surface area (Å²) in [5.41, 5.74) is 0.847. The Morgan fingerprint density at radius 2 is 1.50 bits per heavy atom. The number of hydrogen-bond acceptors (Lipinski definition) is 1. The van der Waals surface area contributed by atoms with Gasteiger partial charge in [0, 0.05) is 5.41 Å². The Morgan fingerprint density at radius 3 is 2.06 bits per heavy atom. The molecular formula is C15H26O. The Labute approximate surface area is 99.9 Å². The van der Waals surface area contributed by atoms with Crippen molar-refractivity contribution in [3.63, 3.8) is 0 Å². The van der Waals surface area contributed by atoms with Crippen LogP contribution in [-0.4, -0.2) is 10.7 Å². The summed E-state index contributed by atoms with van der Waals surface area (Å²) in [6.07, 6.45) is 11.8. The summed E-state index contributed by atoms with van der Waals surface area (Å²) in [6.45, 7) is 6.52. The zero-order chi connectivity index (χ0) is 11.6. The third kappa shape index (κ3) is 1.95. The van der Waals surface area contributed by atoms with Gasteiger partial charge in [-0.2, -0.15) is 0 Å². The first-order valence-electron chi connectivity index (χ1n) is 6.99. The second kappa shape index (κ2) is 4.52. The molecule has 2 rings (SSSR count). The van der Waals surface area contributed by atoms with Crippen molar-refractivity contribution in [2.24, 2.45) is 5.41 Å². The van der Waals surface area contributed by atoms with Crippen molar-refractivity contribution in [3.8, 4) is 0 Å². The van der Waals surface area contributed by atoms with Gasteiger partial charge in [-0.15, -0.1) is 0 Å². The summed E-state index contributed by atoms with van der Waals surface area (Å²) >= 11 is 0. The molecule has 2 saturated carbocycles. The van der Waals surface area contributed by atoms with Crippen molar-refractivity contribution < 1.29 is 5.11 Å². The molecule has 0 aliphatic heterocycles. The minimum Gasteiger partial charge on any atom is -0.389 e. The van der Waals surface area contributed by atoms with Crippen molar-refractivity contribution in [1.29, 1.82) is 0 Å². The van der Waals surface area contributed by atoms with E-state index < -0.39 is 5.60 Å². The third-order valence-corrected chi connectivity index (χ3v) is 5.14. The fourth-order valence-corrected chi connectivity index (χ4v) is 3.70. The highest BCUT2D eigenvalue weighted by atomic mass is 16.3. The van der Waals surface area contributed by atoms with Gasteiger partial charge < -0.3 is 5.11 Å². The lowest BCUT2D eigenvalue weighted by Crippen LogP contribution is -2.48. The van der Waals surface area contributed by atoms with Crippen LogP contribution in [-0.2, 0) is 0 Å². The van der Waals surface area contributed by atoms with Gasteiger partial charge in [-0.25, -0.2) is 0 Å². The summed E-state index contributed by atoms with van der Waals surface area (Å²) in [7, 11) is 0. The number of aliphatic hydroxyl groups is 1. The van der Waals surface area contributed by atoms with Crippen LogP contribution in [0.1, 0.15) is 71.1 Å². The molecule has 92 valence electrons. The lowest BCUT2D eigenvalue weighted by molar-refractivity contribution is -0.0790. The Hall–Kier alpha value is -0.300. The maximum atomic E-state index is 11.0. The van der Waals surface area contributed by atoms with Crippen LogP contribution in [0.4, 0.5) is 0 Å². The summed E-state index contributed by atoms with van der Waals surface area (Å²) in [4.78, 5) is 0. The van der Waals surface area contributed by atoms with Crippen molar-refractivity contribution >= 4 is 0 Å². The van der Waals surface area contributed by atoms with Crippen molar-refractivity contribution in [3.05, 3.63) is 12.2 Å². The zero-order valence-electron chi connectivity index (χ0n) is 10.7. The van der Waals surface area contributed by atoms with E-state index in [9.17, 15) is 5.11 Å². The summed E-state index contributed by atoms with van der Waals surface area (Å²) in [5.74, 6) is 0. The maximum Gasteiger partial charge on any atom is 0.0737 e. The first-order chi connectivity index (χ1) is 7.58. The third-order valence-electron chi connectivity index (χ3n) is 5.14. The Balaban J connectivity index is 2.21. The van der Waals surface area contributed by atoms with Crippen LogP contribution in [0.2, 0.25) is 0 Å². The van der Waals surface area contributed by atoms with Crippen LogP contribution >= 0.6 is 0 Å². The standard InChI is InChI=1S/C15H26O/c1-13-9-5-8-10-14(13,2)15(16)11-6-3-4-7-12-15/h16H,1,3-12H2,2H3. The van der Waals surface area contributed by atoms with E-state index in [4.69, 9.17) is 0 Å². The summed E-state index contributed by atoms with van der Waals surface area (Å²) in [5, 5.41) is 11.0. The molecule has 1 unspecified atom stereocenters. The first kappa shape index (κ1) is 12.2. The fourth-order valence-electron chi connectivity index (χ4n) is 3.70. The molecule has 1 atom stereocenters. The minimum atomic E-state index is -0.457. The highest BCUT2D eigenvalue weighted by Crippen LogP contribution is 2.52. The molecular weight excluding hydrogens is 196 g/mol. The van der Waals surface area contributed by atoms with Gasteiger partial charge in [0.15, 0.2) is 0 Å². The molecule has 0 heterocycles. The predicted octanol–water partition coefficient (Wildman–Crippen LogP) is 4.21. The Bertz CT molecular complexity index is 261. The van der Waals surface area contributed by atoms with Gasteiger partial charge in [-0.1, -0.05) is 51.2 Å². The van der Waals surface area contributed by atoms with Crippen molar-refractivity contribution in [2.75, 3.05) is 0 Å². The number of hydrogen-bond donors (Lipinski definition) is 1. The molecule has 0 bridgehead atoms. The van der Waals surface area contributed by atoms with Crippen LogP contribution in [0, 0.1) is 5.41 Å². The SMILES string of the molecule is C=C1CCCCC1(C)C1(O)CCCCCC1. The summed E-state index contributed by atoms with van der Waals surface area (Å²) < 4.78 is 0. The lowest BCUT2D eigenvalue weighted by atomic mass is 9.60. The maximum absolute atomic E-state index is 11.0. The molecule has 2 fully saturated rings. The van der Waals surface area contributed by atoms with E-state index in [2.05, 4.69) is 13.5 Å². The minimum absolute atomic E-state index is 0.00438. The molecule has 2 aliphatic carbocycles. The molecule has 0 saturated heterocycles. The monoisotopic (exact) mass is 222 g/mol. The van der Waals surface area contributed by atoms with E-state index in [1.54, 1.807) is 0 Å². The van der Waals surface area contributed by atoms with Gasteiger partial charge in [0.05, 0.1) is 5.60 Å². The second-order valence-corrected chi connectivity index (χ2v) is 6.09. The molecule has 0 spiro atoms. The Morgan fingerprint density at radius 1 is 0.938 bits per heavy atom. The van der Waals surface area contributed by atoms with Crippen LogP contribution in [0.15, 0.2) is 12.2 Å². The molecule has 0 aromatic rings. The largest absolute Gasteiger partial charge is 0.389 e. The van der Waals surface area contributed by atoms with Gasteiger partial charge in [0.2, 0.25) is 0 Å². The van der Waals surface area contributed by atoms with Crippen LogP contribution in [0.5, 0.6) is 0 Å². The van der Waals surface area contributed by atoms with E-state index in [-0.39, 0.29) is 5.41 Å². The smallest absolute Gasteiger partial charge is 0.0737 e. The molecule has 1 N–H and O–H groups in total. The quantitative estimate of drug-likeness (QED) is 0.520. The Kier molecular flexibility index (Phi) is 3.44. The van der Waals surface area contributed by atoms with E-state index in [0.29, 0.717) is 0 Å². The topological polar surface area (TPSA) is 20.2 Å². The first-order valence-corrected chi connectivity index (χ1v) is 6.99.